The molecule has 212 valence electrons. The van der Waals surface area contributed by atoms with Gasteiger partial charge in [0.1, 0.15) is 19.2 Å². The average molecular weight is 568 g/mol. The number of likely N-dealkylation sites (N-methyl/N-ethyl adjacent to an activating group) is 1. The van der Waals surface area contributed by atoms with Crippen molar-refractivity contribution in [2.75, 3.05) is 23.2 Å². The van der Waals surface area contributed by atoms with Crippen LogP contribution in [0.4, 0.5) is 16.2 Å². The first-order valence-electron chi connectivity index (χ1n) is 12.4. The Hall–Kier alpha value is -4.38. The lowest BCUT2D eigenvalue weighted by Crippen LogP contribution is -2.52. The summed E-state index contributed by atoms with van der Waals surface area (Å²) in [5.41, 5.74) is 0.191. The Balaban J connectivity index is 1.79. The quantitative estimate of drug-likeness (QED) is 0.366. The van der Waals surface area contributed by atoms with E-state index in [0.29, 0.717) is 0 Å². The first-order chi connectivity index (χ1) is 18.8. The summed E-state index contributed by atoms with van der Waals surface area (Å²) < 4.78 is 33.9. The highest BCUT2D eigenvalue weighted by Gasteiger charge is 2.43. The molecule has 0 aliphatic rings. The molecular formula is C29H33N3O7S. The number of carbonyl (C=O) groups is 3. The number of carboxylic acids is 1. The Morgan fingerprint density at radius 1 is 0.925 bits per heavy atom. The molecule has 3 aromatic rings. The van der Waals surface area contributed by atoms with E-state index in [9.17, 15) is 27.9 Å². The zero-order valence-electron chi connectivity index (χ0n) is 22.8. The molecule has 0 radical (unpaired) electrons. The zero-order chi connectivity index (χ0) is 29.5. The first-order valence-corrected chi connectivity index (χ1v) is 13.9. The number of hydrogen-bond donors (Lipinski definition) is 2. The maximum absolute atomic E-state index is 13.9. The lowest BCUT2D eigenvalue weighted by molar-refractivity contribution is -0.140. The standard InChI is InChI=1S/C29H33N3O7S/c1-29(2,3)26(27(34)35)32(23-15-9-6-10-16-23)40(37,38)24-17-11-14-22(18-24)30-25(33)19-31(4)28(36)39-20-21-12-7-5-8-13-21/h5-18,26H,19-20H2,1-4H3,(H,30,33)(H,34,35). The van der Waals surface area contributed by atoms with Gasteiger partial charge in [-0.25, -0.2) is 18.0 Å². The molecule has 3 aromatic carbocycles. The predicted octanol–water partition coefficient (Wildman–Crippen LogP) is 4.59. The first kappa shape index (κ1) is 30.2. The van der Waals surface area contributed by atoms with Crippen molar-refractivity contribution in [3.8, 4) is 0 Å². The fourth-order valence-electron chi connectivity index (χ4n) is 3.98. The summed E-state index contributed by atoms with van der Waals surface area (Å²) >= 11 is 0. The molecule has 10 nitrogen and oxygen atoms in total. The summed E-state index contributed by atoms with van der Waals surface area (Å²) in [6, 6.07) is 21.2. The second-order valence-corrected chi connectivity index (χ2v) is 12.0. The summed E-state index contributed by atoms with van der Waals surface area (Å²) in [5, 5.41) is 12.6. The SMILES string of the molecule is CN(CC(=O)Nc1cccc(S(=O)(=O)N(c2ccccc2)C(C(=O)O)C(C)(C)C)c1)C(=O)OCc1ccccc1. The molecule has 3 rings (SSSR count). The maximum Gasteiger partial charge on any atom is 0.410 e. The Labute approximate surface area is 234 Å². The van der Waals surface area contributed by atoms with Crippen molar-refractivity contribution in [2.24, 2.45) is 5.41 Å². The number of aliphatic carboxylic acids is 1. The highest BCUT2D eigenvalue weighted by Crippen LogP contribution is 2.34. The molecule has 1 atom stereocenters. The average Bonchev–Trinajstić information content (AvgIpc) is 2.90. The minimum absolute atomic E-state index is 0.0509. The number of benzene rings is 3. The van der Waals surface area contributed by atoms with Gasteiger partial charge < -0.3 is 20.1 Å². The molecule has 0 saturated heterocycles. The van der Waals surface area contributed by atoms with Crippen molar-refractivity contribution in [3.05, 3.63) is 90.5 Å². The van der Waals surface area contributed by atoms with Crippen LogP contribution in [0.5, 0.6) is 0 Å². The van der Waals surface area contributed by atoms with E-state index < -0.39 is 39.4 Å². The van der Waals surface area contributed by atoms with Crippen LogP contribution >= 0.6 is 0 Å². The van der Waals surface area contributed by atoms with Crippen LogP contribution in [0, 0.1) is 5.41 Å². The van der Waals surface area contributed by atoms with E-state index in [1.165, 1.54) is 43.4 Å². The molecule has 2 N–H and O–H groups in total. The predicted molar refractivity (Wildman–Crippen MR) is 151 cm³/mol. The molecule has 2 amide bonds. The zero-order valence-corrected chi connectivity index (χ0v) is 23.6. The van der Waals surface area contributed by atoms with Gasteiger partial charge in [-0.05, 0) is 41.3 Å². The largest absolute Gasteiger partial charge is 0.480 e. The summed E-state index contributed by atoms with van der Waals surface area (Å²) in [5.74, 6) is -1.88. The fraction of sp³-hybridized carbons (Fsp3) is 0.276. The van der Waals surface area contributed by atoms with Gasteiger partial charge in [0, 0.05) is 12.7 Å². The van der Waals surface area contributed by atoms with E-state index >= 15 is 0 Å². The second-order valence-electron chi connectivity index (χ2n) is 10.2. The Bertz CT molecular complexity index is 1440. The molecule has 0 aliphatic heterocycles. The van der Waals surface area contributed by atoms with Gasteiger partial charge in [-0.15, -0.1) is 0 Å². The Morgan fingerprint density at radius 3 is 2.10 bits per heavy atom. The molecular weight excluding hydrogens is 534 g/mol. The van der Waals surface area contributed by atoms with Gasteiger partial charge in [0.25, 0.3) is 10.0 Å². The lowest BCUT2D eigenvalue weighted by Gasteiger charge is -2.37. The van der Waals surface area contributed by atoms with Gasteiger partial charge in [-0.2, -0.15) is 0 Å². The minimum Gasteiger partial charge on any atom is -0.480 e. The van der Waals surface area contributed by atoms with Crippen LogP contribution in [0.2, 0.25) is 0 Å². The summed E-state index contributed by atoms with van der Waals surface area (Å²) in [6.45, 7) is 4.65. The van der Waals surface area contributed by atoms with E-state index in [1.807, 2.05) is 18.2 Å². The monoisotopic (exact) mass is 567 g/mol. The number of para-hydroxylation sites is 1. The molecule has 0 saturated carbocycles. The highest BCUT2D eigenvalue weighted by atomic mass is 32.2. The summed E-state index contributed by atoms with van der Waals surface area (Å²) in [7, 11) is -2.99. The van der Waals surface area contributed by atoms with Crippen LogP contribution in [-0.2, 0) is 31.0 Å². The van der Waals surface area contributed by atoms with E-state index in [1.54, 1.807) is 51.1 Å². The number of carboxylic acid groups (broad SMARTS) is 1. The smallest absolute Gasteiger partial charge is 0.410 e. The fourth-order valence-corrected chi connectivity index (χ4v) is 5.82. The van der Waals surface area contributed by atoms with E-state index in [-0.39, 0.29) is 29.4 Å². The molecule has 11 heteroatoms. The van der Waals surface area contributed by atoms with E-state index in [4.69, 9.17) is 4.74 Å². The third-order valence-electron chi connectivity index (χ3n) is 5.87. The molecule has 0 spiro atoms. The van der Waals surface area contributed by atoms with E-state index in [2.05, 4.69) is 5.32 Å². The summed E-state index contributed by atoms with van der Waals surface area (Å²) in [4.78, 5) is 38.2. The molecule has 0 bridgehead atoms. The van der Waals surface area contributed by atoms with Gasteiger partial charge >= 0.3 is 12.1 Å². The van der Waals surface area contributed by atoms with Crippen molar-refractivity contribution in [3.63, 3.8) is 0 Å². The number of carbonyl (C=O) groups excluding carboxylic acids is 2. The minimum atomic E-state index is -4.39. The van der Waals surface area contributed by atoms with Crippen LogP contribution < -0.4 is 9.62 Å². The molecule has 0 fully saturated rings. The van der Waals surface area contributed by atoms with Crippen LogP contribution in [0.3, 0.4) is 0 Å². The summed E-state index contributed by atoms with van der Waals surface area (Å²) in [6.07, 6.45) is -0.698. The number of hydrogen-bond acceptors (Lipinski definition) is 6. The van der Waals surface area contributed by atoms with Crippen molar-refractivity contribution >= 4 is 39.4 Å². The maximum atomic E-state index is 13.9. The van der Waals surface area contributed by atoms with Crippen LogP contribution in [0.15, 0.2) is 89.8 Å². The van der Waals surface area contributed by atoms with Crippen molar-refractivity contribution in [1.82, 2.24) is 4.90 Å². The third-order valence-corrected chi connectivity index (χ3v) is 7.66. The third kappa shape index (κ3) is 7.60. The Kier molecular flexibility index (Phi) is 9.54. The van der Waals surface area contributed by atoms with Gasteiger partial charge in [0.2, 0.25) is 5.91 Å². The molecule has 0 aromatic heterocycles. The number of nitrogens with zero attached hydrogens (tertiary/aromatic N) is 2. The van der Waals surface area contributed by atoms with Gasteiger partial charge in [0.05, 0.1) is 10.6 Å². The van der Waals surface area contributed by atoms with E-state index in [0.717, 1.165) is 14.8 Å². The van der Waals surface area contributed by atoms with Crippen LogP contribution in [-0.4, -0.2) is 56.0 Å². The topological polar surface area (TPSA) is 133 Å². The van der Waals surface area contributed by atoms with Crippen LogP contribution in [0.1, 0.15) is 26.3 Å². The molecule has 0 aliphatic carbocycles. The number of anilines is 2. The number of ether oxygens (including phenoxy) is 1. The normalized spacial score (nSPS) is 12.2. The number of rotatable bonds is 10. The van der Waals surface area contributed by atoms with Crippen molar-refractivity contribution in [2.45, 2.75) is 38.3 Å². The highest BCUT2D eigenvalue weighted by molar-refractivity contribution is 7.93. The van der Waals surface area contributed by atoms with Crippen molar-refractivity contribution < 1.29 is 32.6 Å². The van der Waals surface area contributed by atoms with Crippen molar-refractivity contribution in [1.29, 1.82) is 0 Å². The lowest BCUT2D eigenvalue weighted by atomic mass is 9.86. The van der Waals surface area contributed by atoms with Crippen LogP contribution in [0.25, 0.3) is 0 Å². The number of sulfonamides is 1. The number of amides is 2. The number of nitrogens with one attached hydrogen (secondary N) is 1. The second kappa shape index (κ2) is 12.6. The van der Waals surface area contributed by atoms with Gasteiger partial charge in [-0.1, -0.05) is 75.4 Å². The Morgan fingerprint density at radius 2 is 1.52 bits per heavy atom. The van der Waals surface area contributed by atoms with Gasteiger partial charge in [0.15, 0.2) is 0 Å². The molecule has 1 unspecified atom stereocenters. The molecule has 0 heterocycles. The van der Waals surface area contributed by atoms with Gasteiger partial charge in [-0.3, -0.25) is 9.10 Å². The molecule has 40 heavy (non-hydrogen) atoms.